The van der Waals surface area contributed by atoms with Gasteiger partial charge in [-0.2, -0.15) is 10.4 Å². The SMILES string of the molecule is CCOCC1CCCN(c2nnc(C)c(C)c2C#N)C1. The molecule has 5 heteroatoms. The third-order valence-corrected chi connectivity index (χ3v) is 3.92. The molecule has 2 rings (SSSR count). The molecular weight excluding hydrogens is 252 g/mol. The highest BCUT2D eigenvalue weighted by atomic mass is 16.5. The van der Waals surface area contributed by atoms with Gasteiger partial charge in [-0.3, -0.25) is 0 Å². The first-order valence-electron chi connectivity index (χ1n) is 7.24. The molecule has 1 aromatic rings. The van der Waals surface area contributed by atoms with Gasteiger partial charge in [0.25, 0.3) is 0 Å². The molecule has 1 aliphatic rings. The number of anilines is 1. The van der Waals surface area contributed by atoms with Crippen molar-refractivity contribution in [1.29, 1.82) is 5.26 Å². The van der Waals surface area contributed by atoms with Crippen LogP contribution < -0.4 is 4.90 Å². The lowest BCUT2D eigenvalue weighted by Gasteiger charge is -2.33. The van der Waals surface area contributed by atoms with E-state index in [1.807, 2.05) is 20.8 Å². The van der Waals surface area contributed by atoms with Crippen molar-refractivity contribution >= 4 is 5.82 Å². The summed E-state index contributed by atoms with van der Waals surface area (Å²) in [5.74, 6) is 1.25. The Bertz CT molecular complexity index is 509. The van der Waals surface area contributed by atoms with E-state index in [0.29, 0.717) is 11.5 Å². The van der Waals surface area contributed by atoms with Crippen LogP contribution in [0.3, 0.4) is 0 Å². The molecule has 108 valence electrons. The molecule has 0 radical (unpaired) electrons. The monoisotopic (exact) mass is 274 g/mol. The molecule has 0 aliphatic carbocycles. The minimum atomic E-state index is 0.513. The standard InChI is InChI=1S/C15H22N4O/c1-4-20-10-13-6-5-7-19(9-13)15-14(8-16)11(2)12(3)17-18-15/h13H,4-7,9-10H2,1-3H3. The quantitative estimate of drug-likeness (QED) is 0.842. The first kappa shape index (κ1) is 14.7. The van der Waals surface area contributed by atoms with Crippen molar-refractivity contribution in [2.45, 2.75) is 33.6 Å². The zero-order chi connectivity index (χ0) is 14.5. The summed E-state index contributed by atoms with van der Waals surface area (Å²) in [6.07, 6.45) is 2.29. The van der Waals surface area contributed by atoms with Crippen LogP contribution in [0, 0.1) is 31.1 Å². The normalized spacial score (nSPS) is 18.9. The fraction of sp³-hybridized carbons (Fsp3) is 0.667. The minimum absolute atomic E-state index is 0.513. The highest BCUT2D eigenvalue weighted by Crippen LogP contribution is 2.26. The minimum Gasteiger partial charge on any atom is -0.381 e. The zero-order valence-electron chi connectivity index (χ0n) is 12.5. The van der Waals surface area contributed by atoms with Crippen molar-refractivity contribution in [2.75, 3.05) is 31.2 Å². The first-order chi connectivity index (χ1) is 9.67. The van der Waals surface area contributed by atoms with E-state index in [-0.39, 0.29) is 0 Å². The Morgan fingerprint density at radius 2 is 2.20 bits per heavy atom. The number of aromatic nitrogens is 2. The van der Waals surface area contributed by atoms with Crippen molar-refractivity contribution < 1.29 is 4.74 Å². The Morgan fingerprint density at radius 3 is 2.90 bits per heavy atom. The van der Waals surface area contributed by atoms with E-state index in [4.69, 9.17) is 4.74 Å². The fourth-order valence-electron chi connectivity index (χ4n) is 2.63. The molecule has 0 spiro atoms. The van der Waals surface area contributed by atoms with Crippen molar-refractivity contribution in [3.05, 3.63) is 16.8 Å². The summed E-state index contributed by atoms with van der Waals surface area (Å²) in [6.45, 7) is 9.22. The summed E-state index contributed by atoms with van der Waals surface area (Å²) in [4.78, 5) is 2.19. The molecule has 0 bridgehead atoms. The lowest BCUT2D eigenvalue weighted by atomic mass is 9.98. The molecule has 20 heavy (non-hydrogen) atoms. The van der Waals surface area contributed by atoms with Crippen molar-refractivity contribution in [3.63, 3.8) is 0 Å². The van der Waals surface area contributed by atoms with E-state index in [0.717, 1.165) is 49.8 Å². The average molecular weight is 274 g/mol. The predicted octanol–water partition coefficient (Wildman–Crippen LogP) is 2.22. The van der Waals surface area contributed by atoms with Gasteiger partial charge in [0.1, 0.15) is 11.6 Å². The van der Waals surface area contributed by atoms with Gasteiger partial charge in [0.2, 0.25) is 0 Å². The smallest absolute Gasteiger partial charge is 0.169 e. The molecule has 1 unspecified atom stereocenters. The van der Waals surface area contributed by atoms with Gasteiger partial charge in [-0.15, -0.1) is 5.10 Å². The third-order valence-electron chi connectivity index (χ3n) is 3.92. The van der Waals surface area contributed by atoms with Gasteiger partial charge in [0.05, 0.1) is 12.3 Å². The van der Waals surface area contributed by atoms with Crippen molar-refractivity contribution in [3.8, 4) is 6.07 Å². The lowest BCUT2D eigenvalue weighted by molar-refractivity contribution is 0.104. The van der Waals surface area contributed by atoms with E-state index in [1.54, 1.807) is 0 Å². The molecule has 1 aromatic heterocycles. The van der Waals surface area contributed by atoms with Gasteiger partial charge in [-0.1, -0.05) is 0 Å². The van der Waals surface area contributed by atoms with Crippen LogP contribution in [0.4, 0.5) is 5.82 Å². The molecule has 5 nitrogen and oxygen atoms in total. The van der Waals surface area contributed by atoms with Gasteiger partial charge < -0.3 is 9.64 Å². The summed E-state index contributed by atoms with van der Waals surface area (Å²) in [6, 6.07) is 2.28. The number of piperidine rings is 1. The number of nitriles is 1. The summed E-state index contributed by atoms with van der Waals surface area (Å²) in [5, 5.41) is 17.8. The van der Waals surface area contributed by atoms with Crippen LogP contribution >= 0.6 is 0 Å². The molecule has 1 aliphatic heterocycles. The maximum Gasteiger partial charge on any atom is 0.169 e. The van der Waals surface area contributed by atoms with Crippen molar-refractivity contribution in [2.24, 2.45) is 5.92 Å². The maximum atomic E-state index is 9.39. The Kier molecular flexibility index (Phi) is 4.91. The molecule has 0 N–H and O–H groups in total. The van der Waals surface area contributed by atoms with Crippen LogP contribution in [-0.4, -0.2) is 36.5 Å². The topological polar surface area (TPSA) is 62.0 Å². The molecule has 0 amide bonds. The molecule has 1 fully saturated rings. The summed E-state index contributed by atoms with van der Waals surface area (Å²) in [5.41, 5.74) is 2.42. The Morgan fingerprint density at radius 1 is 1.40 bits per heavy atom. The van der Waals surface area contributed by atoms with Crippen LogP contribution in [0.1, 0.15) is 36.6 Å². The van der Waals surface area contributed by atoms with Crippen LogP contribution in [0.2, 0.25) is 0 Å². The molecule has 1 saturated heterocycles. The highest BCUT2D eigenvalue weighted by molar-refractivity contribution is 5.57. The van der Waals surface area contributed by atoms with Gasteiger partial charge in [-0.25, -0.2) is 0 Å². The summed E-state index contributed by atoms with van der Waals surface area (Å²) >= 11 is 0. The van der Waals surface area contributed by atoms with Gasteiger partial charge in [0, 0.05) is 19.7 Å². The van der Waals surface area contributed by atoms with Gasteiger partial charge >= 0.3 is 0 Å². The highest BCUT2D eigenvalue weighted by Gasteiger charge is 2.24. The van der Waals surface area contributed by atoms with Crippen molar-refractivity contribution in [1.82, 2.24) is 10.2 Å². The largest absolute Gasteiger partial charge is 0.381 e. The number of hydrogen-bond donors (Lipinski definition) is 0. The fourth-order valence-corrected chi connectivity index (χ4v) is 2.63. The molecular formula is C15H22N4O. The van der Waals surface area contributed by atoms with E-state index in [1.165, 1.54) is 6.42 Å². The second-order valence-electron chi connectivity index (χ2n) is 5.33. The lowest BCUT2D eigenvalue weighted by Crippen LogP contribution is -2.38. The molecule has 0 aromatic carbocycles. The number of aryl methyl sites for hydroxylation is 1. The second kappa shape index (κ2) is 6.67. The average Bonchev–Trinajstić information content (AvgIpc) is 2.48. The Hall–Kier alpha value is -1.67. The van der Waals surface area contributed by atoms with Gasteiger partial charge in [0.15, 0.2) is 5.82 Å². The Labute approximate surface area is 120 Å². The number of rotatable bonds is 4. The second-order valence-corrected chi connectivity index (χ2v) is 5.33. The number of ether oxygens (including phenoxy) is 1. The van der Waals surface area contributed by atoms with E-state index < -0.39 is 0 Å². The number of nitrogens with zero attached hydrogens (tertiary/aromatic N) is 4. The summed E-state index contributed by atoms with van der Waals surface area (Å²) in [7, 11) is 0. The van der Waals surface area contributed by atoms with Crippen LogP contribution in [-0.2, 0) is 4.74 Å². The predicted molar refractivity (Wildman–Crippen MR) is 77.7 cm³/mol. The van der Waals surface area contributed by atoms with Crippen LogP contribution in [0.15, 0.2) is 0 Å². The zero-order valence-corrected chi connectivity index (χ0v) is 12.5. The maximum absolute atomic E-state index is 9.39. The Balaban J connectivity index is 2.19. The van der Waals surface area contributed by atoms with E-state index >= 15 is 0 Å². The molecule has 0 saturated carbocycles. The first-order valence-corrected chi connectivity index (χ1v) is 7.24. The van der Waals surface area contributed by atoms with Crippen LogP contribution in [0.5, 0.6) is 0 Å². The summed E-state index contributed by atoms with van der Waals surface area (Å²) < 4.78 is 5.53. The third kappa shape index (κ3) is 3.07. The number of hydrogen-bond acceptors (Lipinski definition) is 5. The van der Waals surface area contributed by atoms with E-state index in [9.17, 15) is 5.26 Å². The van der Waals surface area contributed by atoms with Gasteiger partial charge in [-0.05, 0) is 45.1 Å². The molecule has 1 atom stereocenters. The molecule has 2 heterocycles. The van der Waals surface area contributed by atoms with Crippen LogP contribution in [0.25, 0.3) is 0 Å². The van der Waals surface area contributed by atoms with E-state index in [2.05, 4.69) is 21.2 Å².